The predicted octanol–water partition coefficient (Wildman–Crippen LogP) is 5.41. The second-order valence-corrected chi connectivity index (χ2v) is 7.11. The standard InChI is InChI=1S/C9H6Cl2O.C9H10ClN/c10-6-3-5-1-2-8(12)9(5)7(11)4-6;10-7-2-3-8-6(5-7)1-4-9(8)11/h3-4H,1-2H2;2-3,5,9H,1,4,11H2. The molecule has 0 fully saturated rings. The van der Waals surface area contributed by atoms with Crippen LogP contribution in [0.5, 0.6) is 0 Å². The van der Waals surface area contributed by atoms with Crippen LogP contribution in [-0.2, 0) is 12.8 Å². The Morgan fingerprint density at radius 3 is 2.43 bits per heavy atom. The van der Waals surface area contributed by atoms with Gasteiger partial charge in [0.2, 0.25) is 0 Å². The van der Waals surface area contributed by atoms with Crippen molar-refractivity contribution < 1.29 is 4.79 Å². The molecule has 1 atom stereocenters. The summed E-state index contributed by atoms with van der Waals surface area (Å²) in [4.78, 5) is 11.3. The van der Waals surface area contributed by atoms with Crippen LogP contribution in [0, 0.1) is 0 Å². The molecule has 2 nitrogen and oxygen atoms in total. The highest BCUT2D eigenvalue weighted by molar-refractivity contribution is 6.37. The van der Waals surface area contributed by atoms with Gasteiger partial charge in [-0.2, -0.15) is 0 Å². The lowest BCUT2D eigenvalue weighted by Gasteiger charge is -2.03. The Balaban J connectivity index is 0.000000136. The van der Waals surface area contributed by atoms with E-state index in [0.29, 0.717) is 22.0 Å². The van der Waals surface area contributed by atoms with E-state index >= 15 is 0 Å². The normalized spacial score (nSPS) is 18.3. The third-order valence-electron chi connectivity index (χ3n) is 4.27. The molecule has 5 heteroatoms. The number of rotatable bonds is 0. The van der Waals surface area contributed by atoms with Gasteiger partial charge in [-0.3, -0.25) is 4.79 Å². The Morgan fingerprint density at radius 1 is 0.913 bits per heavy atom. The molecule has 2 aromatic carbocycles. The smallest absolute Gasteiger partial charge is 0.164 e. The Bertz CT molecular complexity index is 773. The van der Waals surface area contributed by atoms with Crippen LogP contribution >= 0.6 is 34.8 Å². The quantitative estimate of drug-likeness (QED) is 0.675. The SMILES string of the molecule is NC1CCc2cc(Cl)ccc21.O=C1CCc2cc(Cl)cc(Cl)c21. The number of fused-ring (bicyclic) bond motifs is 2. The first-order valence-electron chi connectivity index (χ1n) is 7.50. The summed E-state index contributed by atoms with van der Waals surface area (Å²) in [5.74, 6) is 0.131. The highest BCUT2D eigenvalue weighted by Crippen LogP contribution is 2.32. The average molecular weight is 369 g/mol. The number of Topliss-reactive ketones (excluding diaryl/α,β-unsaturated/α-hetero) is 1. The van der Waals surface area contributed by atoms with Gasteiger partial charge in [0.25, 0.3) is 0 Å². The van der Waals surface area contributed by atoms with E-state index in [4.69, 9.17) is 40.5 Å². The summed E-state index contributed by atoms with van der Waals surface area (Å²) in [6.07, 6.45) is 3.48. The Hall–Kier alpha value is -1.06. The van der Waals surface area contributed by atoms with Crippen molar-refractivity contribution in [3.63, 3.8) is 0 Å². The number of carbonyl (C=O) groups excluding carboxylic acids is 1. The number of ketones is 1. The van der Waals surface area contributed by atoms with Crippen LogP contribution in [0.15, 0.2) is 30.3 Å². The molecule has 0 aliphatic heterocycles. The molecule has 23 heavy (non-hydrogen) atoms. The zero-order valence-corrected chi connectivity index (χ0v) is 14.7. The van der Waals surface area contributed by atoms with Gasteiger partial charge in [-0.25, -0.2) is 0 Å². The minimum absolute atomic E-state index is 0.131. The molecule has 2 aliphatic rings. The van der Waals surface area contributed by atoms with Gasteiger partial charge in [-0.15, -0.1) is 0 Å². The maximum absolute atomic E-state index is 11.3. The molecule has 0 saturated heterocycles. The van der Waals surface area contributed by atoms with Crippen molar-refractivity contribution in [2.24, 2.45) is 5.73 Å². The molecule has 0 saturated carbocycles. The van der Waals surface area contributed by atoms with Crippen LogP contribution in [0.1, 0.15) is 45.9 Å². The van der Waals surface area contributed by atoms with Crippen LogP contribution < -0.4 is 5.73 Å². The van der Waals surface area contributed by atoms with E-state index in [2.05, 4.69) is 0 Å². The third-order valence-corrected chi connectivity index (χ3v) is 5.02. The Kier molecular flexibility index (Phi) is 4.98. The molecular weight excluding hydrogens is 353 g/mol. The number of aryl methyl sites for hydroxylation is 2. The molecule has 0 bridgehead atoms. The van der Waals surface area contributed by atoms with Crippen LogP contribution in [0.3, 0.4) is 0 Å². The highest BCUT2D eigenvalue weighted by atomic mass is 35.5. The van der Waals surface area contributed by atoms with Gasteiger partial charge in [0.15, 0.2) is 5.78 Å². The minimum atomic E-state index is 0.131. The first-order chi connectivity index (χ1) is 11.0. The Labute approximate surface area is 150 Å². The first kappa shape index (κ1) is 16.8. The van der Waals surface area contributed by atoms with Crippen molar-refractivity contribution in [1.29, 1.82) is 0 Å². The van der Waals surface area contributed by atoms with Crippen molar-refractivity contribution in [2.45, 2.75) is 31.7 Å². The highest BCUT2D eigenvalue weighted by Gasteiger charge is 2.22. The molecule has 1 unspecified atom stereocenters. The number of halogens is 3. The lowest BCUT2D eigenvalue weighted by atomic mass is 10.1. The van der Waals surface area contributed by atoms with Gasteiger partial charge < -0.3 is 5.73 Å². The van der Waals surface area contributed by atoms with E-state index in [1.165, 1.54) is 11.1 Å². The molecule has 0 radical (unpaired) electrons. The zero-order valence-electron chi connectivity index (χ0n) is 12.4. The summed E-state index contributed by atoms with van der Waals surface area (Å²) >= 11 is 17.5. The summed E-state index contributed by atoms with van der Waals surface area (Å²) in [6.45, 7) is 0. The fourth-order valence-corrected chi connectivity index (χ4v) is 3.96. The van der Waals surface area contributed by atoms with E-state index in [-0.39, 0.29) is 11.8 Å². The van der Waals surface area contributed by atoms with Crippen molar-refractivity contribution in [3.8, 4) is 0 Å². The number of carbonyl (C=O) groups is 1. The van der Waals surface area contributed by atoms with Crippen LogP contribution in [0.25, 0.3) is 0 Å². The van der Waals surface area contributed by atoms with E-state index in [9.17, 15) is 4.79 Å². The summed E-state index contributed by atoms with van der Waals surface area (Å²) in [5.41, 5.74) is 10.1. The number of hydrogen-bond acceptors (Lipinski definition) is 2. The largest absolute Gasteiger partial charge is 0.324 e. The van der Waals surface area contributed by atoms with Crippen LogP contribution in [0.2, 0.25) is 15.1 Å². The molecular formula is C18H16Cl3NO. The topological polar surface area (TPSA) is 43.1 Å². The van der Waals surface area contributed by atoms with Crippen molar-refractivity contribution >= 4 is 40.6 Å². The zero-order chi connectivity index (χ0) is 16.6. The molecule has 0 heterocycles. The number of nitrogens with two attached hydrogens (primary N) is 1. The lowest BCUT2D eigenvalue weighted by Crippen LogP contribution is -2.04. The molecule has 2 aliphatic carbocycles. The van der Waals surface area contributed by atoms with E-state index in [1.807, 2.05) is 24.3 Å². The predicted molar refractivity (Wildman–Crippen MR) is 95.8 cm³/mol. The fourth-order valence-electron chi connectivity index (χ4n) is 3.13. The molecule has 2 aromatic rings. The maximum atomic E-state index is 11.3. The molecule has 0 aromatic heterocycles. The molecule has 0 amide bonds. The van der Waals surface area contributed by atoms with Gasteiger partial charge in [0, 0.05) is 28.1 Å². The minimum Gasteiger partial charge on any atom is -0.324 e. The van der Waals surface area contributed by atoms with E-state index in [0.717, 1.165) is 29.8 Å². The second kappa shape index (κ2) is 6.82. The molecule has 4 rings (SSSR count). The van der Waals surface area contributed by atoms with Gasteiger partial charge in [0.1, 0.15) is 0 Å². The monoisotopic (exact) mass is 367 g/mol. The summed E-state index contributed by atoms with van der Waals surface area (Å²) in [6, 6.07) is 9.63. The van der Waals surface area contributed by atoms with E-state index in [1.54, 1.807) is 6.07 Å². The number of hydrogen-bond donors (Lipinski definition) is 1. The van der Waals surface area contributed by atoms with E-state index < -0.39 is 0 Å². The molecule has 120 valence electrons. The van der Waals surface area contributed by atoms with Crippen molar-refractivity contribution in [1.82, 2.24) is 0 Å². The van der Waals surface area contributed by atoms with Gasteiger partial charge in [-0.05, 0) is 60.2 Å². The maximum Gasteiger partial charge on any atom is 0.164 e. The molecule has 0 spiro atoms. The third kappa shape index (κ3) is 3.56. The van der Waals surface area contributed by atoms with Crippen LogP contribution in [0.4, 0.5) is 0 Å². The van der Waals surface area contributed by atoms with Crippen molar-refractivity contribution in [2.75, 3.05) is 0 Å². The fraction of sp³-hybridized carbons (Fsp3) is 0.278. The second-order valence-electron chi connectivity index (χ2n) is 5.83. The Morgan fingerprint density at radius 2 is 1.65 bits per heavy atom. The van der Waals surface area contributed by atoms with Gasteiger partial charge >= 0.3 is 0 Å². The first-order valence-corrected chi connectivity index (χ1v) is 8.64. The van der Waals surface area contributed by atoms with Crippen molar-refractivity contribution in [3.05, 3.63) is 67.7 Å². The van der Waals surface area contributed by atoms with Crippen LogP contribution in [-0.4, -0.2) is 5.78 Å². The number of benzene rings is 2. The average Bonchev–Trinajstić information content (AvgIpc) is 3.03. The summed E-state index contributed by atoms with van der Waals surface area (Å²) < 4.78 is 0. The molecule has 2 N–H and O–H groups in total. The lowest BCUT2D eigenvalue weighted by molar-refractivity contribution is 0.0994. The summed E-state index contributed by atoms with van der Waals surface area (Å²) in [5, 5.41) is 1.91. The van der Waals surface area contributed by atoms with Gasteiger partial charge in [-0.1, -0.05) is 40.9 Å². The summed E-state index contributed by atoms with van der Waals surface area (Å²) in [7, 11) is 0. The van der Waals surface area contributed by atoms with Gasteiger partial charge in [0.05, 0.1) is 5.02 Å².